The van der Waals surface area contributed by atoms with Crippen LogP contribution in [0.4, 0.5) is 0 Å². The van der Waals surface area contributed by atoms with Gasteiger partial charge in [-0.25, -0.2) is 0 Å². The fourth-order valence-corrected chi connectivity index (χ4v) is 3.58. The van der Waals surface area contributed by atoms with Gasteiger partial charge >= 0.3 is 17.9 Å². The zero-order valence-corrected chi connectivity index (χ0v) is 10.8. The van der Waals surface area contributed by atoms with Gasteiger partial charge in [0.25, 0.3) is 0 Å². The van der Waals surface area contributed by atoms with Gasteiger partial charge < -0.3 is 26.8 Å². The molecule has 8 nitrogen and oxygen atoms in total. The Balaban J connectivity index is 4.29. The molecule has 0 bridgehead atoms. The lowest BCUT2D eigenvalue weighted by Crippen LogP contribution is -2.41. The molecule has 3 unspecified atom stereocenters. The maximum absolute atomic E-state index is 10.7. The summed E-state index contributed by atoms with van der Waals surface area (Å²) in [5.41, 5.74) is 10.6. The summed E-state index contributed by atoms with van der Waals surface area (Å²) >= 11 is 0. The van der Waals surface area contributed by atoms with Crippen molar-refractivity contribution in [3.63, 3.8) is 0 Å². The Bertz CT molecular complexity index is 327. The molecule has 18 heavy (non-hydrogen) atoms. The molecule has 0 aliphatic carbocycles. The minimum absolute atomic E-state index is 0.0302. The lowest BCUT2D eigenvalue weighted by molar-refractivity contribution is -0.140. The first-order valence-corrected chi connectivity index (χ1v) is 7.10. The van der Waals surface area contributed by atoms with Gasteiger partial charge in [0.1, 0.15) is 12.1 Å². The second-order valence-electron chi connectivity index (χ2n) is 3.33. The molecular weight excluding hydrogens is 284 g/mol. The Morgan fingerprint density at radius 3 is 2.00 bits per heavy atom. The normalized spacial score (nSPS) is 15.7. The molecule has 0 aromatic heterocycles. The molecule has 0 aliphatic rings. The highest BCUT2D eigenvalue weighted by Crippen LogP contribution is 2.30. The van der Waals surface area contributed by atoms with Crippen LogP contribution in [-0.2, 0) is 14.4 Å². The molecule has 0 aromatic carbocycles. The van der Waals surface area contributed by atoms with Crippen LogP contribution in [0.25, 0.3) is 0 Å². The number of hydrogen-bond donors (Lipinski definition) is 5. The van der Waals surface area contributed by atoms with E-state index in [4.69, 9.17) is 26.8 Å². The zero-order valence-electron chi connectivity index (χ0n) is 9.18. The third kappa shape index (κ3) is 6.69. The van der Waals surface area contributed by atoms with Crippen molar-refractivity contribution in [2.24, 2.45) is 11.5 Å². The summed E-state index contributed by atoms with van der Waals surface area (Å²) in [7, 11) is 1.91. The first-order valence-electron chi connectivity index (χ1n) is 4.72. The largest absolute Gasteiger partial charge is 0.481 e. The van der Waals surface area contributed by atoms with Crippen LogP contribution in [0.15, 0.2) is 0 Å². The molecule has 0 spiro atoms. The minimum Gasteiger partial charge on any atom is -0.481 e. The molecule has 3 atom stereocenters. The Morgan fingerprint density at radius 2 is 1.61 bits per heavy atom. The summed E-state index contributed by atoms with van der Waals surface area (Å²) in [6, 6.07) is -2.42. The average Bonchev–Trinajstić information content (AvgIpc) is 2.25. The van der Waals surface area contributed by atoms with Gasteiger partial charge in [-0.1, -0.05) is 21.6 Å². The quantitative estimate of drug-likeness (QED) is 0.334. The van der Waals surface area contributed by atoms with Gasteiger partial charge in [-0.3, -0.25) is 14.4 Å². The van der Waals surface area contributed by atoms with Gasteiger partial charge in [0.05, 0.1) is 11.7 Å². The van der Waals surface area contributed by atoms with Crippen LogP contribution in [0.3, 0.4) is 0 Å². The molecule has 0 saturated carbocycles. The molecule has 0 radical (unpaired) electrons. The van der Waals surface area contributed by atoms with Crippen molar-refractivity contribution >= 4 is 39.5 Å². The highest BCUT2D eigenvalue weighted by Gasteiger charge is 2.27. The Hall–Kier alpha value is -0.970. The number of aliphatic carboxylic acids is 3. The van der Waals surface area contributed by atoms with Crippen LogP contribution in [-0.4, -0.2) is 56.3 Å². The molecule has 10 heteroatoms. The van der Waals surface area contributed by atoms with Crippen LogP contribution in [0.2, 0.25) is 0 Å². The van der Waals surface area contributed by atoms with Crippen LogP contribution >= 0.6 is 21.6 Å². The molecule has 0 rings (SSSR count). The first kappa shape index (κ1) is 17.0. The standard InChI is InChI=1S/C8H14N2O6S2/c9-3(7(13)14)2-17-18-4(1-5(11)12)6(10)8(15)16/h3-4,6H,1-2,9-10H2,(H,11,12)(H,13,14)(H,15,16). The highest BCUT2D eigenvalue weighted by atomic mass is 33.1. The Morgan fingerprint density at radius 1 is 1.06 bits per heavy atom. The Kier molecular flexibility index (Phi) is 7.75. The van der Waals surface area contributed by atoms with E-state index in [0.29, 0.717) is 0 Å². The van der Waals surface area contributed by atoms with E-state index in [1.807, 2.05) is 0 Å². The maximum Gasteiger partial charge on any atom is 0.321 e. The van der Waals surface area contributed by atoms with Crippen LogP contribution in [0, 0.1) is 0 Å². The van der Waals surface area contributed by atoms with E-state index in [1.54, 1.807) is 0 Å². The van der Waals surface area contributed by atoms with Crippen molar-refractivity contribution in [3.05, 3.63) is 0 Å². The van der Waals surface area contributed by atoms with E-state index in [1.165, 1.54) is 0 Å². The van der Waals surface area contributed by atoms with E-state index in [9.17, 15) is 14.4 Å². The topological polar surface area (TPSA) is 164 Å². The zero-order chi connectivity index (χ0) is 14.3. The second kappa shape index (κ2) is 8.19. The molecule has 7 N–H and O–H groups in total. The lowest BCUT2D eigenvalue weighted by atomic mass is 10.1. The molecule has 104 valence electrons. The summed E-state index contributed by atoms with van der Waals surface area (Å²) in [6.45, 7) is 0. The molecule has 0 amide bonds. The summed E-state index contributed by atoms with van der Waals surface area (Å²) in [5.74, 6) is -3.63. The first-order chi connectivity index (χ1) is 8.25. The predicted molar refractivity (Wildman–Crippen MR) is 67.3 cm³/mol. The third-order valence-corrected chi connectivity index (χ3v) is 4.71. The van der Waals surface area contributed by atoms with Crippen LogP contribution in [0.1, 0.15) is 6.42 Å². The summed E-state index contributed by atoms with van der Waals surface area (Å²) in [5, 5.41) is 25.0. The van der Waals surface area contributed by atoms with E-state index >= 15 is 0 Å². The predicted octanol–water partition coefficient (Wildman–Crippen LogP) is -0.965. The van der Waals surface area contributed by atoms with Crippen molar-refractivity contribution in [2.75, 3.05) is 5.75 Å². The van der Waals surface area contributed by atoms with Gasteiger partial charge in [-0.2, -0.15) is 0 Å². The molecule has 0 aliphatic heterocycles. The van der Waals surface area contributed by atoms with Gasteiger partial charge in [0, 0.05) is 5.75 Å². The number of hydrogen-bond acceptors (Lipinski definition) is 7. The van der Waals surface area contributed by atoms with Gasteiger partial charge in [-0.15, -0.1) is 0 Å². The molecule has 0 aromatic rings. The average molecular weight is 298 g/mol. The number of carboxylic acid groups (broad SMARTS) is 3. The number of rotatable bonds is 9. The molecular formula is C8H14N2O6S2. The number of carboxylic acids is 3. The molecule has 0 fully saturated rings. The van der Waals surface area contributed by atoms with E-state index in [2.05, 4.69) is 0 Å². The SMILES string of the molecule is NC(CSSC(CC(=O)O)C(N)C(=O)O)C(=O)O. The van der Waals surface area contributed by atoms with E-state index in [-0.39, 0.29) is 5.75 Å². The molecule has 0 heterocycles. The maximum atomic E-state index is 10.7. The van der Waals surface area contributed by atoms with Gasteiger partial charge in [0.2, 0.25) is 0 Å². The number of carbonyl (C=O) groups is 3. The van der Waals surface area contributed by atoms with Crippen molar-refractivity contribution in [1.29, 1.82) is 0 Å². The second-order valence-corrected chi connectivity index (χ2v) is 5.98. The van der Waals surface area contributed by atoms with Gasteiger partial charge in [-0.05, 0) is 0 Å². The smallest absolute Gasteiger partial charge is 0.321 e. The van der Waals surface area contributed by atoms with Crippen LogP contribution < -0.4 is 11.5 Å². The van der Waals surface area contributed by atoms with Crippen LogP contribution in [0.5, 0.6) is 0 Å². The summed E-state index contributed by atoms with van der Waals surface area (Å²) in [4.78, 5) is 31.7. The fraction of sp³-hybridized carbons (Fsp3) is 0.625. The minimum atomic E-state index is -1.33. The fourth-order valence-electron chi connectivity index (χ4n) is 0.823. The monoisotopic (exact) mass is 298 g/mol. The summed E-state index contributed by atoms with van der Waals surface area (Å²) in [6.07, 6.45) is -0.423. The summed E-state index contributed by atoms with van der Waals surface area (Å²) < 4.78 is 0. The van der Waals surface area contributed by atoms with E-state index < -0.39 is 41.7 Å². The molecule has 0 saturated heterocycles. The van der Waals surface area contributed by atoms with Crippen molar-refractivity contribution in [1.82, 2.24) is 0 Å². The van der Waals surface area contributed by atoms with E-state index in [0.717, 1.165) is 21.6 Å². The van der Waals surface area contributed by atoms with Gasteiger partial charge in [0.15, 0.2) is 0 Å². The number of nitrogens with two attached hydrogens (primary N) is 2. The third-order valence-electron chi connectivity index (χ3n) is 1.82. The van der Waals surface area contributed by atoms with Crippen molar-refractivity contribution in [3.8, 4) is 0 Å². The highest BCUT2D eigenvalue weighted by molar-refractivity contribution is 8.77. The Labute approximate surface area is 110 Å². The van der Waals surface area contributed by atoms with Crippen molar-refractivity contribution in [2.45, 2.75) is 23.8 Å². The van der Waals surface area contributed by atoms with Crippen molar-refractivity contribution < 1.29 is 29.7 Å². The lowest BCUT2D eigenvalue weighted by Gasteiger charge is -2.18.